The Morgan fingerprint density at radius 1 is 1.17 bits per heavy atom. The highest BCUT2D eigenvalue weighted by molar-refractivity contribution is 5.88. The summed E-state index contributed by atoms with van der Waals surface area (Å²) in [4.78, 5) is 2.45. The monoisotopic (exact) mass is 322 g/mol. The number of nitrogens with zero attached hydrogens (tertiary/aromatic N) is 2. The number of benzene rings is 1. The van der Waals surface area contributed by atoms with Crippen LogP contribution < -0.4 is 0 Å². The zero-order valence-corrected chi connectivity index (χ0v) is 15.4. The fourth-order valence-electron chi connectivity index (χ4n) is 4.66. The van der Waals surface area contributed by atoms with E-state index in [0.717, 1.165) is 18.9 Å². The maximum atomic E-state index is 2.53. The van der Waals surface area contributed by atoms with Crippen LogP contribution in [0.3, 0.4) is 0 Å². The van der Waals surface area contributed by atoms with Crippen molar-refractivity contribution in [1.82, 2.24) is 9.47 Å². The van der Waals surface area contributed by atoms with Gasteiger partial charge in [-0.05, 0) is 57.4 Å². The van der Waals surface area contributed by atoms with Gasteiger partial charge in [0, 0.05) is 36.8 Å². The maximum absolute atomic E-state index is 2.53. The lowest BCUT2D eigenvalue weighted by molar-refractivity contribution is 0.312. The summed E-state index contributed by atoms with van der Waals surface area (Å²) in [7, 11) is 2.24. The van der Waals surface area contributed by atoms with Crippen LogP contribution in [0.5, 0.6) is 0 Å². The van der Waals surface area contributed by atoms with Crippen molar-refractivity contribution in [1.29, 1.82) is 0 Å². The van der Waals surface area contributed by atoms with Gasteiger partial charge in [0.25, 0.3) is 0 Å². The van der Waals surface area contributed by atoms with Crippen molar-refractivity contribution in [3.8, 4) is 0 Å². The predicted molar refractivity (Wildman–Crippen MR) is 103 cm³/mol. The Labute approximate surface area is 146 Å². The van der Waals surface area contributed by atoms with Gasteiger partial charge in [-0.2, -0.15) is 0 Å². The number of hydrogen-bond donors (Lipinski definition) is 0. The van der Waals surface area contributed by atoms with Crippen molar-refractivity contribution in [3.63, 3.8) is 0 Å². The zero-order valence-electron chi connectivity index (χ0n) is 15.4. The van der Waals surface area contributed by atoms with E-state index in [1.165, 1.54) is 55.1 Å². The molecule has 1 aliphatic carbocycles. The second-order valence-electron chi connectivity index (χ2n) is 8.01. The van der Waals surface area contributed by atoms with Gasteiger partial charge in [0.2, 0.25) is 0 Å². The summed E-state index contributed by atoms with van der Waals surface area (Å²) in [5.74, 6) is 0.795. The van der Waals surface area contributed by atoms with Crippen LogP contribution in [0.4, 0.5) is 0 Å². The topological polar surface area (TPSA) is 8.17 Å². The second kappa shape index (κ2) is 6.40. The highest BCUT2D eigenvalue weighted by atomic mass is 15.1. The Hall–Kier alpha value is -1.54. The molecule has 1 aromatic heterocycles. The molecule has 0 radical (unpaired) electrons. The molecule has 0 spiro atoms. The summed E-state index contributed by atoms with van der Waals surface area (Å²) in [6.07, 6.45) is 10.6. The van der Waals surface area contributed by atoms with E-state index >= 15 is 0 Å². The summed E-state index contributed by atoms with van der Waals surface area (Å²) in [6, 6.07) is 6.97. The Kier molecular flexibility index (Phi) is 4.26. The molecule has 1 aliphatic heterocycles. The fourth-order valence-corrected chi connectivity index (χ4v) is 4.66. The van der Waals surface area contributed by atoms with E-state index in [9.17, 15) is 0 Å². The van der Waals surface area contributed by atoms with Crippen LogP contribution in [-0.4, -0.2) is 23.1 Å². The van der Waals surface area contributed by atoms with Crippen LogP contribution in [0.1, 0.15) is 55.8 Å². The average Bonchev–Trinajstić information content (AvgIpc) is 2.88. The van der Waals surface area contributed by atoms with Gasteiger partial charge in [0.15, 0.2) is 0 Å². The standard InChI is InChI=1S/C22H30N2/c1-16-9-10-21-19(13-16)20-15-23(3)12-11-22(20)24(21)14-17(2)18-7-5-4-6-8-18/h9-10,13-14,18H,4-8,11-12,15H2,1-3H3. The lowest BCUT2D eigenvalue weighted by Gasteiger charge is -2.25. The molecule has 24 heavy (non-hydrogen) atoms. The predicted octanol–water partition coefficient (Wildman–Crippen LogP) is 5.38. The Bertz CT molecular complexity index is 775. The van der Waals surface area contributed by atoms with Crippen LogP contribution >= 0.6 is 0 Å². The number of aryl methyl sites for hydroxylation is 1. The van der Waals surface area contributed by atoms with Crippen molar-refractivity contribution in [2.24, 2.45) is 5.92 Å². The molecule has 2 aliphatic rings. The molecule has 1 saturated carbocycles. The molecule has 0 N–H and O–H groups in total. The van der Waals surface area contributed by atoms with E-state index in [4.69, 9.17) is 0 Å². The molecule has 1 fully saturated rings. The van der Waals surface area contributed by atoms with E-state index < -0.39 is 0 Å². The van der Waals surface area contributed by atoms with Gasteiger partial charge in [-0.25, -0.2) is 0 Å². The van der Waals surface area contributed by atoms with Crippen LogP contribution in [0.15, 0.2) is 23.8 Å². The molecule has 2 nitrogen and oxygen atoms in total. The van der Waals surface area contributed by atoms with Crippen molar-refractivity contribution < 1.29 is 0 Å². The number of hydrogen-bond acceptors (Lipinski definition) is 1. The van der Waals surface area contributed by atoms with E-state index in [1.54, 1.807) is 16.8 Å². The summed E-state index contributed by atoms with van der Waals surface area (Å²) in [5.41, 5.74) is 7.44. The van der Waals surface area contributed by atoms with Crippen LogP contribution in [0.2, 0.25) is 0 Å². The first-order valence-corrected chi connectivity index (χ1v) is 9.62. The SMILES string of the molecule is CC(=Cn1c2c(c3cc(C)ccc31)CN(C)CC2)C1CCCCC1. The van der Waals surface area contributed by atoms with Crippen molar-refractivity contribution >= 4 is 17.1 Å². The Balaban J connectivity index is 1.82. The quantitative estimate of drug-likeness (QED) is 0.721. The van der Waals surface area contributed by atoms with Gasteiger partial charge in [0.1, 0.15) is 0 Å². The molecule has 128 valence electrons. The Morgan fingerprint density at radius 2 is 1.96 bits per heavy atom. The third-order valence-corrected chi connectivity index (χ3v) is 6.12. The van der Waals surface area contributed by atoms with E-state index in [0.29, 0.717) is 0 Å². The van der Waals surface area contributed by atoms with Gasteiger partial charge in [0.05, 0.1) is 5.52 Å². The lowest BCUT2D eigenvalue weighted by Crippen LogP contribution is -2.26. The average molecular weight is 322 g/mol. The van der Waals surface area contributed by atoms with Gasteiger partial charge in [-0.3, -0.25) is 0 Å². The van der Waals surface area contributed by atoms with Crippen molar-refractivity contribution in [3.05, 3.63) is 40.6 Å². The summed E-state index contributed by atoms with van der Waals surface area (Å²) in [6.45, 7) is 6.81. The molecule has 2 heterocycles. The maximum Gasteiger partial charge on any atom is 0.0528 e. The molecule has 0 amide bonds. The van der Waals surface area contributed by atoms with Gasteiger partial charge in [-0.15, -0.1) is 0 Å². The first-order valence-electron chi connectivity index (χ1n) is 9.62. The third-order valence-electron chi connectivity index (χ3n) is 6.12. The highest BCUT2D eigenvalue weighted by Crippen LogP contribution is 2.34. The zero-order chi connectivity index (χ0) is 16.7. The minimum Gasteiger partial charge on any atom is -0.320 e. The lowest BCUT2D eigenvalue weighted by atomic mass is 9.85. The second-order valence-corrected chi connectivity index (χ2v) is 8.01. The van der Waals surface area contributed by atoms with E-state index in [1.807, 2.05) is 0 Å². The normalized spacial score (nSPS) is 20.5. The van der Waals surface area contributed by atoms with Crippen LogP contribution in [0, 0.1) is 12.8 Å². The van der Waals surface area contributed by atoms with Gasteiger partial charge in [-0.1, -0.05) is 36.5 Å². The molecule has 0 unspecified atom stereocenters. The largest absolute Gasteiger partial charge is 0.320 e. The smallest absolute Gasteiger partial charge is 0.0528 e. The van der Waals surface area contributed by atoms with Gasteiger partial charge < -0.3 is 9.47 Å². The molecule has 1 aromatic carbocycles. The first-order chi connectivity index (χ1) is 11.6. The third kappa shape index (κ3) is 2.82. The number of allylic oxidation sites excluding steroid dienone is 1. The fraction of sp³-hybridized carbons (Fsp3) is 0.545. The van der Waals surface area contributed by atoms with Crippen molar-refractivity contribution in [2.75, 3.05) is 13.6 Å². The van der Waals surface area contributed by atoms with Crippen molar-refractivity contribution in [2.45, 2.75) is 58.9 Å². The number of fused-ring (bicyclic) bond motifs is 3. The van der Waals surface area contributed by atoms with Gasteiger partial charge >= 0.3 is 0 Å². The Morgan fingerprint density at radius 3 is 2.75 bits per heavy atom. The van der Waals surface area contributed by atoms with E-state index in [-0.39, 0.29) is 0 Å². The molecule has 0 bridgehead atoms. The summed E-state index contributed by atoms with van der Waals surface area (Å²) >= 11 is 0. The molecule has 2 heteroatoms. The molecule has 4 rings (SSSR count). The summed E-state index contributed by atoms with van der Waals surface area (Å²) in [5, 5.41) is 1.46. The minimum atomic E-state index is 0.795. The van der Waals surface area contributed by atoms with Crippen LogP contribution in [-0.2, 0) is 13.0 Å². The number of rotatable bonds is 2. The summed E-state index contributed by atoms with van der Waals surface area (Å²) < 4.78 is 2.53. The molecule has 2 aromatic rings. The minimum absolute atomic E-state index is 0.795. The molecule has 0 saturated heterocycles. The molecular formula is C22H30N2. The first kappa shape index (κ1) is 16.0. The molecular weight excluding hydrogens is 292 g/mol. The number of likely N-dealkylation sites (N-methyl/N-ethyl adjacent to an activating group) is 1. The number of aromatic nitrogens is 1. The van der Waals surface area contributed by atoms with E-state index in [2.05, 4.69) is 54.8 Å². The highest BCUT2D eigenvalue weighted by Gasteiger charge is 2.22. The van der Waals surface area contributed by atoms with Crippen LogP contribution in [0.25, 0.3) is 17.1 Å². The molecule has 0 atom stereocenters.